The monoisotopic (exact) mass is 561 g/mol. The number of carbonyl (C=O) groups excluding carboxylic acids is 1. The van der Waals surface area contributed by atoms with E-state index in [9.17, 15) is 38.0 Å². The van der Waals surface area contributed by atoms with Gasteiger partial charge in [0.05, 0.1) is 6.61 Å². The number of thiol groups is 1. The van der Waals surface area contributed by atoms with Crippen LogP contribution < -0.4 is 5.32 Å². The molecule has 2 aliphatic rings. The van der Waals surface area contributed by atoms with Gasteiger partial charge in [-0.3, -0.25) is 9.32 Å². The van der Waals surface area contributed by atoms with Gasteiger partial charge >= 0.3 is 23.5 Å². The van der Waals surface area contributed by atoms with Gasteiger partial charge in [-0.15, -0.1) is 12.6 Å². The van der Waals surface area contributed by atoms with Crippen LogP contribution in [0.3, 0.4) is 0 Å². The first-order chi connectivity index (χ1) is 14.9. The van der Waals surface area contributed by atoms with Crippen molar-refractivity contribution in [3.8, 4) is 0 Å². The standard InChI is InChI=1S/C9H15FN5O14P3S/c10-3-1-15(8(33)12-6(3)18)7-4(16)5(17)9(27-7,13-14-11)2-26-31(22,23)29-32(24,25)28-30(19,20)21/h1,4-5,7-8,16-17,33H,2H2,(H,12,18)(H,22,23)(H,24,25)(H2,19,20,21)/t4-,5+,7+,8?,9?/m0/s1. The summed E-state index contributed by atoms with van der Waals surface area (Å²) >= 11 is 3.92. The van der Waals surface area contributed by atoms with E-state index in [0.717, 1.165) is 4.90 Å². The molecule has 2 aliphatic heterocycles. The van der Waals surface area contributed by atoms with Crippen LogP contribution in [0.2, 0.25) is 0 Å². The Morgan fingerprint density at radius 3 is 2.42 bits per heavy atom. The van der Waals surface area contributed by atoms with Gasteiger partial charge in [0.2, 0.25) is 11.6 Å². The van der Waals surface area contributed by atoms with Crippen LogP contribution in [0.25, 0.3) is 10.4 Å². The predicted octanol–water partition coefficient (Wildman–Crippen LogP) is -1.13. The third-order valence-corrected chi connectivity index (χ3v) is 7.96. The molecule has 24 heteroatoms. The van der Waals surface area contributed by atoms with E-state index >= 15 is 0 Å². The van der Waals surface area contributed by atoms with Gasteiger partial charge in [0.1, 0.15) is 17.7 Å². The van der Waals surface area contributed by atoms with Gasteiger partial charge in [0, 0.05) is 11.1 Å². The molecule has 4 unspecified atom stereocenters. The van der Waals surface area contributed by atoms with Gasteiger partial charge in [-0.25, -0.2) is 13.7 Å². The first kappa shape index (κ1) is 28.1. The molecular weight excluding hydrogens is 546 g/mol. The minimum absolute atomic E-state index is 0.533. The van der Waals surface area contributed by atoms with E-state index in [4.69, 9.17) is 24.9 Å². The zero-order valence-corrected chi connectivity index (χ0v) is 19.1. The Morgan fingerprint density at radius 2 is 1.88 bits per heavy atom. The lowest BCUT2D eigenvalue weighted by molar-refractivity contribution is -0.143. The average molecular weight is 561 g/mol. The Labute approximate surface area is 187 Å². The van der Waals surface area contributed by atoms with Crippen LogP contribution in [0.4, 0.5) is 4.39 Å². The highest BCUT2D eigenvalue weighted by Gasteiger charge is 2.58. The normalized spacial score (nSPS) is 34.0. The number of aliphatic hydroxyl groups is 2. The molecule has 2 rings (SSSR count). The largest absolute Gasteiger partial charge is 0.490 e. The number of ether oxygens (including phenoxy) is 1. The van der Waals surface area contributed by atoms with Crippen molar-refractivity contribution in [3.05, 3.63) is 22.5 Å². The molecule has 7 N–H and O–H groups in total. The minimum atomic E-state index is -5.88. The highest BCUT2D eigenvalue weighted by molar-refractivity contribution is 7.80. The lowest BCUT2D eigenvalue weighted by Gasteiger charge is -2.36. The van der Waals surface area contributed by atoms with Crippen molar-refractivity contribution in [2.24, 2.45) is 5.11 Å². The summed E-state index contributed by atoms with van der Waals surface area (Å²) in [5, 5.41) is 25.6. The fraction of sp³-hybridized carbons (Fsp3) is 0.667. The average Bonchev–Trinajstić information content (AvgIpc) is 2.86. The highest BCUT2D eigenvalue weighted by Crippen LogP contribution is 2.66. The summed E-state index contributed by atoms with van der Waals surface area (Å²) < 4.78 is 64.1. The number of phosphoric ester groups is 1. The van der Waals surface area contributed by atoms with Crippen molar-refractivity contribution in [1.82, 2.24) is 10.2 Å². The maximum absolute atomic E-state index is 13.7. The fourth-order valence-electron chi connectivity index (χ4n) is 2.53. The van der Waals surface area contributed by atoms with E-state index in [1.807, 2.05) is 5.32 Å². The van der Waals surface area contributed by atoms with Crippen LogP contribution >= 0.6 is 36.1 Å². The summed E-state index contributed by atoms with van der Waals surface area (Å²) in [5.74, 6) is -2.53. The molecule has 0 aromatic rings. The molecule has 0 bridgehead atoms. The predicted molar refractivity (Wildman–Crippen MR) is 101 cm³/mol. The second kappa shape index (κ2) is 9.87. The van der Waals surface area contributed by atoms with Crippen LogP contribution in [0, 0.1) is 0 Å². The topological polar surface area (TPSA) is 291 Å². The number of amides is 1. The number of azide groups is 1. The Kier molecular flexibility index (Phi) is 8.41. The van der Waals surface area contributed by atoms with Crippen molar-refractivity contribution in [2.45, 2.75) is 29.7 Å². The number of carbonyl (C=O) groups is 1. The number of hydrogen-bond donors (Lipinski definition) is 8. The molecule has 1 saturated heterocycles. The summed E-state index contributed by atoms with van der Waals surface area (Å²) in [5.41, 5.74) is 4.71. The second-order valence-electron chi connectivity index (χ2n) is 6.11. The first-order valence-electron chi connectivity index (χ1n) is 7.94. The third-order valence-electron chi connectivity index (χ3n) is 3.78. The number of nitrogens with zero attached hydrogens (tertiary/aromatic N) is 4. The molecule has 0 spiro atoms. The van der Waals surface area contributed by atoms with E-state index in [1.165, 1.54) is 0 Å². The van der Waals surface area contributed by atoms with Gasteiger partial charge in [0.15, 0.2) is 6.23 Å². The van der Waals surface area contributed by atoms with Gasteiger partial charge < -0.3 is 44.7 Å². The fourth-order valence-corrected chi connectivity index (χ4v) is 5.88. The van der Waals surface area contributed by atoms with Gasteiger partial charge in [-0.05, 0) is 5.53 Å². The number of halogens is 1. The van der Waals surface area contributed by atoms with Crippen LogP contribution in [0.5, 0.6) is 0 Å². The molecule has 1 fully saturated rings. The van der Waals surface area contributed by atoms with Gasteiger partial charge in [0.25, 0.3) is 5.91 Å². The molecule has 0 aromatic heterocycles. The second-order valence-corrected chi connectivity index (χ2v) is 11.0. The van der Waals surface area contributed by atoms with E-state index < -0.39 is 71.5 Å². The summed E-state index contributed by atoms with van der Waals surface area (Å²) in [6.07, 6.45) is -5.57. The van der Waals surface area contributed by atoms with E-state index in [2.05, 4.69) is 35.8 Å². The zero-order valence-electron chi connectivity index (χ0n) is 15.5. The van der Waals surface area contributed by atoms with Crippen LogP contribution in [0.1, 0.15) is 0 Å². The van der Waals surface area contributed by atoms with Gasteiger partial charge in [-0.1, -0.05) is 5.11 Å². The molecule has 2 heterocycles. The van der Waals surface area contributed by atoms with Gasteiger partial charge in [-0.2, -0.15) is 13.0 Å². The van der Waals surface area contributed by atoms with Crippen molar-refractivity contribution in [1.29, 1.82) is 0 Å². The van der Waals surface area contributed by atoms with Crippen molar-refractivity contribution in [3.63, 3.8) is 0 Å². The number of nitrogens with one attached hydrogen (secondary N) is 1. The molecule has 0 radical (unpaired) electrons. The smallest absolute Gasteiger partial charge is 0.387 e. The Bertz CT molecular complexity index is 1020. The number of rotatable bonds is 9. The molecule has 7 atom stereocenters. The van der Waals surface area contributed by atoms with E-state index in [-0.39, 0.29) is 0 Å². The highest BCUT2D eigenvalue weighted by atomic mass is 32.1. The Hall–Kier alpha value is -1.11. The van der Waals surface area contributed by atoms with Crippen molar-refractivity contribution >= 4 is 42.0 Å². The molecule has 0 aliphatic carbocycles. The molecule has 0 aromatic carbocycles. The molecular formula is C9H15FN5O14P3S. The lowest BCUT2D eigenvalue weighted by Crippen LogP contribution is -2.53. The number of hydrogen-bond acceptors (Lipinski definition) is 13. The minimum Gasteiger partial charge on any atom is -0.387 e. The third kappa shape index (κ3) is 6.95. The summed E-state index contributed by atoms with van der Waals surface area (Å²) in [6, 6.07) is 0. The first-order valence-corrected chi connectivity index (χ1v) is 13.0. The van der Waals surface area contributed by atoms with Crippen molar-refractivity contribution in [2.75, 3.05) is 6.61 Å². The number of aliphatic hydroxyl groups excluding tert-OH is 2. The van der Waals surface area contributed by atoms with Crippen molar-refractivity contribution < 1.29 is 70.5 Å². The van der Waals surface area contributed by atoms with Crippen LogP contribution in [0.15, 0.2) is 17.1 Å². The molecule has 1 amide bonds. The van der Waals surface area contributed by atoms with Crippen LogP contribution in [-0.4, -0.2) is 76.9 Å². The SMILES string of the molecule is [N-]=[N+]=NC1(COP(=O)(O)OP(=O)(O)OP(=O)(O)O)O[C@@H](N2C=C(F)C(=O)NC2S)[C@@H](O)[C@H]1O. The lowest BCUT2D eigenvalue weighted by atomic mass is 10.1. The summed E-state index contributed by atoms with van der Waals surface area (Å²) in [7, 11) is -17.3. The molecule has 33 heavy (non-hydrogen) atoms. The molecule has 0 saturated carbocycles. The summed E-state index contributed by atoms with van der Waals surface area (Å²) in [4.78, 5) is 50.0. The maximum Gasteiger partial charge on any atom is 0.490 e. The Balaban J connectivity index is 2.25. The molecule has 19 nitrogen and oxygen atoms in total. The van der Waals surface area contributed by atoms with Crippen LogP contribution in [-0.2, 0) is 36.4 Å². The zero-order chi connectivity index (χ0) is 25.4. The Morgan fingerprint density at radius 1 is 1.27 bits per heavy atom. The maximum atomic E-state index is 13.7. The molecule has 188 valence electrons. The number of phosphoric acid groups is 3. The van der Waals surface area contributed by atoms with E-state index in [0.29, 0.717) is 6.20 Å². The summed E-state index contributed by atoms with van der Waals surface area (Å²) in [6.45, 7) is -1.47. The quantitative estimate of drug-likeness (QED) is 0.0543. The van der Waals surface area contributed by atoms with E-state index in [1.54, 1.807) is 0 Å².